The maximum Gasteiger partial charge on any atom is 0.240 e. The molecule has 0 aliphatic carbocycles. The molecule has 1 aromatic heterocycles. The molecule has 0 spiro atoms. The zero-order chi connectivity index (χ0) is 19.6. The summed E-state index contributed by atoms with van der Waals surface area (Å²) < 4.78 is 5.24. The maximum absolute atomic E-state index is 12.3. The number of anilines is 2. The number of rotatable bonds is 4. The molecule has 0 saturated carbocycles. The van der Waals surface area contributed by atoms with Crippen molar-refractivity contribution in [2.45, 2.75) is 40.0 Å². The first kappa shape index (κ1) is 19.4. The van der Waals surface area contributed by atoms with Crippen LogP contribution in [0.4, 0.5) is 11.6 Å². The van der Waals surface area contributed by atoms with Gasteiger partial charge in [0.05, 0.1) is 12.2 Å². The van der Waals surface area contributed by atoms with Crippen molar-refractivity contribution in [1.29, 1.82) is 0 Å². The van der Waals surface area contributed by atoms with Gasteiger partial charge in [0.2, 0.25) is 11.8 Å². The van der Waals surface area contributed by atoms with E-state index in [2.05, 4.69) is 73.1 Å². The molecule has 6 nitrogen and oxygen atoms in total. The Labute approximate surface area is 161 Å². The van der Waals surface area contributed by atoms with Crippen molar-refractivity contribution < 1.29 is 9.32 Å². The van der Waals surface area contributed by atoms with Crippen molar-refractivity contribution in [3.05, 3.63) is 41.1 Å². The number of nitrogens with one attached hydrogen (secondary N) is 1. The minimum Gasteiger partial charge on any atom is -0.369 e. The van der Waals surface area contributed by atoms with Gasteiger partial charge in [0.15, 0.2) is 0 Å². The average molecular weight is 370 g/mol. The Bertz CT molecular complexity index is 799. The first-order valence-electron chi connectivity index (χ1n) is 9.54. The third-order valence-electron chi connectivity index (χ3n) is 5.20. The van der Waals surface area contributed by atoms with Gasteiger partial charge in [0.1, 0.15) is 0 Å². The molecule has 1 aliphatic heterocycles. The van der Waals surface area contributed by atoms with E-state index < -0.39 is 0 Å². The first-order valence-corrected chi connectivity index (χ1v) is 9.54. The first-order chi connectivity index (χ1) is 12.7. The predicted molar refractivity (Wildman–Crippen MR) is 108 cm³/mol. The SMILES string of the molecule is Cc1cccc(N2CCN(CC(=O)Nc3cc(C(C)(C)C)no3)CC2)c1C. The Kier molecular flexibility index (Phi) is 5.56. The number of carbonyl (C=O) groups is 1. The summed E-state index contributed by atoms with van der Waals surface area (Å²) in [5, 5.41) is 6.85. The van der Waals surface area contributed by atoms with E-state index in [1.165, 1.54) is 16.8 Å². The van der Waals surface area contributed by atoms with Gasteiger partial charge in [-0.2, -0.15) is 0 Å². The van der Waals surface area contributed by atoms with Gasteiger partial charge in [0, 0.05) is 43.3 Å². The molecule has 1 N–H and O–H groups in total. The van der Waals surface area contributed by atoms with Gasteiger partial charge < -0.3 is 9.42 Å². The third-order valence-corrected chi connectivity index (χ3v) is 5.20. The van der Waals surface area contributed by atoms with Crippen molar-refractivity contribution in [1.82, 2.24) is 10.1 Å². The highest BCUT2D eigenvalue weighted by molar-refractivity contribution is 5.91. The van der Waals surface area contributed by atoms with Crippen molar-refractivity contribution in [3.8, 4) is 0 Å². The lowest BCUT2D eigenvalue weighted by atomic mass is 9.92. The van der Waals surface area contributed by atoms with E-state index >= 15 is 0 Å². The van der Waals surface area contributed by atoms with E-state index in [4.69, 9.17) is 4.52 Å². The molecule has 2 aromatic rings. The topological polar surface area (TPSA) is 61.6 Å². The summed E-state index contributed by atoms with van der Waals surface area (Å²) >= 11 is 0. The molecule has 1 fully saturated rings. The largest absolute Gasteiger partial charge is 0.369 e. The second kappa shape index (κ2) is 7.72. The molecule has 0 unspecified atom stereocenters. The monoisotopic (exact) mass is 370 g/mol. The molecule has 2 heterocycles. The number of nitrogens with zero attached hydrogens (tertiary/aromatic N) is 3. The molecule has 0 bridgehead atoms. The molecule has 27 heavy (non-hydrogen) atoms. The van der Waals surface area contributed by atoms with E-state index in [-0.39, 0.29) is 11.3 Å². The summed E-state index contributed by atoms with van der Waals surface area (Å²) in [6, 6.07) is 8.24. The van der Waals surface area contributed by atoms with Crippen LogP contribution in [-0.2, 0) is 10.2 Å². The van der Waals surface area contributed by atoms with Crippen LogP contribution < -0.4 is 10.2 Å². The number of hydrogen-bond donors (Lipinski definition) is 1. The Morgan fingerprint density at radius 3 is 2.52 bits per heavy atom. The fraction of sp³-hybridized carbons (Fsp3) is 0.524. The summed E-state index contributed by atoms with van der Waals surface area (Å²) in [5.41, 5.74) is 4.69. The number of aromatic nitrogens is 1. The van der Waals surface area contributed by atoms with Gasteiger partial charge >= 0.3 is 0 Å². The average Bonchev–Trinajstić information content (AvgIpc) is 3.07. The van der Waals surface area contributed by atoms with Gasteiger partial charge in [-0.05, 0) is 31.0 Å². The smallest absolute Gasteiger partial charge is 0.240 e. The molecule has 6 heteroatoms. The Balaban J connectivity index is 1.51. The fourth-order valence-electron chi connectivity index (χ4n) is 3.29. The van der Waals surface area contributed by atoms with E-state index in [0.29, 0.717) is 12.4 Å². The number of amides is 1. The molecule has 146 valence electrons. The van der Waals surface area contributed by atoms with Gasteiger partial charge in [-0.3, -0.25) is 15.0 Å². The van der Waals surface area contributed by atoms with Crippen LogP contribution in [0.3, 0.4) is 0 Å². The minimum atomic E-state index is -0.100. The highest BCUT2D eigenvalue weighted by atomic mass is 16.5. The fourth-order valence-corrected chi connectivity index (χ4v) is 3.29. The second-order valence-corrected chi connectivity index (χ2v) is 8.36. The Hall–Kier alpha value is -2.34. The number of benzene rings is 1. The van der Waals surface area contributed by atoms with Crippen LogP contribution in [0.25, 0.3) is 0 Å². The van der Waals surface area contributed by atoms with Crippen LogP contribution in [0.5, 0.6) is 0 Å². The van der Waals surface area contributed by atoms with E-state index in [1.807, 2.05) is 0 Å². The molecule has 1 amide bonds. The quantitative estimate of drug-likeness (QED) is 0.894. The zero-order valence-corrected chi connectivity index (χ0v) is 17.0. The summed E-state index contributed by atoms with van der Waals surface area (Å²) in [5.74, 6) is 0.353. The van der Waals surface area contributed by atoms with Crippen LogP contribution in [0.15, 0.2) is 28.8 Å². The van der Waals surface area contributed by atoms with Crippen LogP contribution in [0.1, 0.15) is 37.6 Å². The second-order valence-electron chi connectivity index (χ2n) is 8.36. The van der Waals surface area contributed by atoms with Crippen molar-refractivity contribution in [2.75, 3.05) is 42.9 Å². The maximum atomic E-state index is 12.3. The molecule has 0 atom stereocenters. The summed E-state index contributed by atoms with van der Waals surface area (Å²) in [6.45, 7) is 14.5. The molecular formula is C21H30N4O2. The molecule has 1 aliphatic rings. The number of aryl methyl sites for hydroxylation is 1. The summed E-state index contributed by atoms with van der Waals surface area (Å²) in [7, 11) is 0. The lowest BCUT2D eigenvalue weighted by Crippen LogP contribution is -2.48. The Morgan fingerprint density at radius 2 is 1.89 bits per heavy atom. The summed E-state index contributed by atoms with van der Waals surface area (Å²) in [6.07, 6.45) is 0. The van der Waals surface area contributed by atoms with Gasteiger partial charge in [-0.25, -0.2) is 0 Å². The van der Waals surface area contributed by atoms with Gasteiger partial charge in [0.25, 0.3) is 0 Å². The van der Waals surface area contributed by atoms with Crippen LogP contribution >= 0.6 is 0 Å². The number of hydrogen-bond acceptors (Lipinski definition) is 5. The zero-order valence-electron chi connectivity index (χ0n) is 17.0. The number of piperazine rings is 1. The van der Waals surface area contributed by atoms with Crippen molar-refractivity contribution in [3.63, 3.8) is 0 Å². The van der Waals surface area contributed by atoms with Crippen LogP contribution in [0, 0.1) is 13.8 Å². The minimum absolute atomic E-state index is 0.0632. The molecular weight excluding hydrogens is 340 g/mol. The molecule has 0 radical (unpaired) electrons. The highest BCUT2D eigenvalue weighted by Crippen LogP contribution is 2.25. The van der Waals surface area contributed by atoms with Crippen LogP contribution in [-0.4, -0.2) is 48.7 Å². The standard InChI is InChI=1S/C21H30N4O2/c1-15-7-6-8-17(16(15)2)25-11-9-24(10-12-25)14-19(26)22-20-13-18(23-27-20)21(3,4)5/h6-8,13H,9-12,14H2,1-5H3,(H,22,26). The lowest BCUT2D eigenvalue weighted by molar-refractivity contribution is -0.117. The van der Waals surface area contributed by atoms with Crippen molar-refractivity contribution >= 4 is 17.5 Å². The van der Waals surface area contributed by atoms with Crippen LogP contribution in [0.2, 0.25) is 0 Å². The predicted octanol–water partition coefficient (Wildman–Crippen LogP) is 3.35. The normalized spacial score (nSPS) is 15.8. The lowest BCUT2D eigenvalue weighted by Gasteiger charge is -2.36. The van der Waals surface area contributed by atoms with Gasteiger partial charge in [-0.1, -0.05) is 38.1 Å². The van der Waals surface area contributed by atoms with E-state index in [9.17, 15) is 4.79 Å². The molecule has 1 aromatic carbocycles. The molecule has 1 saturated heterocycles. The third kappa shape index (κ3) is 4.69. The Morgan fingerprint density at radius 1 is 1.19 bits per heavy atom. The van der Waals surface area contributed by atoms with E-state index in [1.54, 1.807) is 6.07 Å². The van der Waals surface area contributed by atoms with Crippen molar-refractivity contribution in [2.24, 2.45) is 0 Å². The van der Waals surface area contributed by atoms with E-state index in [0.717, 1.165) is 31.9 Å². The summed E-state index contributed by atoms with van der Waals surface area (Å²) in [4.78, 5) is 16.9. The highest BCUT2D eigenvalue weighted by Gasteiger charge is 2.22. The number of carbonyl (C=O) groups excluding carboxylic acids is 1. The van der Waals surface area contributed by atoms with Gasteiger partial charge in [-0.15, -0.1) is 0 Å². The molecule has 3 rings (SSSR count).